The van der Waals surface area contributed by atoms with E-state index in [-0.39, 0.29) is 12.2 Å². The molecule has 0 aliphatic rings. The first kappa shape index (κ1) is 25.1. The number of nitrogens with zero attached hydrogens (tertiary/aromatic N) is 1. The standard InChI is InChI=1S/C28H26N2O5S/c1-4-21-17(3)24(19-13-9-10-14-22(19)29-21)27(32)35-15-23(31)30-26-25(28(33)34-5-2)20(16-36-26)18-11-7-6-8-12-18/h6-14,16H,4-5,15H2,1-3H3,(H,30,31). The molecule has 0 atom stereocenters. The molecule has 0 saturated heterocycles. The van der Waals surface area contributed by atoms with Crippen LogP contribution < -0.4 is 5.32 Å². The molecule has 7 nitrogen and oxygen atoms in total. The lowest BCUT2D eigenvalue weighted by Gasteiger charge is -2.13. The number of thiophene rings is 1. The summed E-state index contributed by atoms with van der Waals surface area (Å²) in [6, 6.07) is 16.7. The number of carbonyl (C=O) groups excluding carboxylic acids is 3. The van der Waals surface area contributed by atoms with Crippen molar-refractivity contribution in [2.75, 3.05) is 18.5 Å². The van der Waals surface area contributed by atoms with Crippen molar-refractivity contribution in [3.8, 4) is 11.1 Å². The van der Waals surface area contributed by atoms with Crippen molar-refractivity contribution in [1.82, 2.24) is 4.98 Å². The average molecular weight is 503 g/mol. The first-order chi connectivity index (χ1) is 17.4. The molecule has 0 bridgehead atoms. The minimum atomic E-state index is -0.599. The molecule has 36 heavy (non-hydrogen) atoms. The maximum absolute atomic E-state index is 13.1. The van der Waals surface area contributed by atoms with Crippen LogP contribution in [0.5, 0.6) is 0 Å². The smallest absolute Gasteiger partial charge is 0.341 e. The quantitative estimate of drug-likeness (QED) is 0.306. The predicted octanol–water partition coefficient (Wildman–Crippen LogP) is 5.81. The number of pyridine rings is 1. The van der Waals surface area contributed by atoms with Gasteiger partial charge in [-0.3, -0.25) is 9.78 Å². The van der Waals surface area contributed by atoms with Crippen molar-refractivity contribution in [3.05, 3.63) is 82.4 Å². The molecule has 2 heterocycles. The van der Waals surface area contributed by atoms with E-state index in [0.29, 0.717) is 33.5 Å². The first-order valence-electron chi connectivity index (χ1n) is 11.6. The third-order valence-electron chi connectivity index (χ3n) is 5.72. The Balaban J connectivity index is 1.54. The monoisotopic (exact) mass is 502 g/mol. The van der Waals surface area contributed by atoms with E-state index in [9.17, 15) is 14.4 Å². The highest BCUT2D eigenvalue weighted by atomic mass is 32.1. The van der Waals surface area contributed by atoms with Crippen molar-refractivity contribution in [3.63, 3.8) is 0 Å². The molecular formula is C28H26N2O5S. The second-order valence-electron chi connectivity index (χ2n) is 7.99. The maximum Gasteiger partial charge on any atom is 0.341 e. The van der Waals surface area contributed by atoms with E-state index in [1.54, 1.807) is 12.3 Å². The fourth-order valence-corrected chi connectivity index (χ4v) is 4.99. The molecule has 1 N–H and O–H groups in total. The van der Waals surface area contributed by atoms with Crippen LogP contribution in [-0.2, 0) is 20.7 Å². The van der Waals surface area contributed by atoms with Gasteiger partial charge >= 0.3 is 11.9 Å². The molecule has 4 rings (SSSR count). The molecule has 2 aromatic heterocycles. The summed E-state index contributed by atoms with van der Waals surface area (Å²) >= 11 is 1.21. The third kappa shape index (κ3) is 5.13. The molecule has 2 aromatic carbocycles. The van der Waals surface area contributed by atoms with E-state index in [4.69, 9.17) is 9.47 Å². The number of aromatic nitrogens is 1. The van der Waals surface area contributed by atoms with E-state index in [0.717, 1.165) is 16.8 Å². The lowest BCUT2D eigenvalue weighted by atomic mass is 10.0. The number of anilines is 1. The van der Waals surface area contributed by atoms with Gasteiger partial charge in [-0.25, -0.2) is 9.59 Å². The van der Waals surface area contributed by atoms with Gasteiger partial charge in [-0.05, 0) is 37.5 Å². The van der Waals surface area contributed by atoms with E-state index in [1.807, 2.05) is 68.4 Å². The minimum Gasteiger partial charge on any atom is -0.462 e. The van der Waals surface area contributed by atoms with Gasteiger partial charge in [0.25, 0.3) is 5.91 Å². The van der Waals surface area contributed by atoms with Crippen molar-refractivity contribution in [2.45, 2.75) is 27.2 Å². The van der Waals surface area contributed by atoms with Gasteiger partial charge in [-0.15, -0.1) is 11.3 Å². The number of fused-ring (bicyclic) bond motifs is 1. The Morgan fingerprint density at radius 2 is 1.61 bits per heavy atom. The molecular weight excluding hydrogens is 476 g/mol. The predicted molar refractivity (Wildman–Crippen MR) is 140 cm³/mol. The highest BCUT2D eigenvalue weighted by Gasteiger charge is 2.24. The number of aryl methyl sites for hydroxylation is 1. The van der Waals surface area contributed by atoms with Crippen LogP contribution in [0.1, 0.15) is 45.8 Å². The molecule has 0 fully saturated rings. The van der Waals surface area contributed by atoms with Gasteiger partial charge in [0.1, 0.15) is 10.6 Å². The van der Waals surface area contributed by atoms with Crippen LogP contribution in [0.15, 0.2) is 60.0 Å². The molecule has 0 spiro atoms. The SMILES string of the molecule is CCOC(=O)c1c(-c2ccccc2)csc1NC(=O)COC(=O)c1c(C)c(CC)nc2ccccc12. The lowest BCUT2D eigenvalue weighted by Crippen LogP contribution is -2.22. The van der Waals surface area contributed by atoms with Crippen LogP contribution in [0, 0.1) is 6.92 Å². The van der Waals surface area contributed by atoms with Gasteiger partial charge < -0.3 is 14.8 Å². The Bertz CT molecular complexity index is 1430. The van der Waals surface area contributed by atoms with Crippen LogP contribution in [0.4, 0.5) is 5.00 Å². The van der Waals surface area contributed by atoms with E-state index in [1.165, 1.54) is 11.3 Å². The molecule has 4 aromatic rings. The Labute approximate surface area is 213 Å². The van der Waals surface area contributed by atoms with E-state index < -0.39 is 24.5 Å². The number of carbonyl (C=O) groups is 3. The Hall–Kier alpha value is -4.04. The number of hydrogen-bond acceptors (Lipinski definition) is 7. The van der Waals surface area contributed by atoms with Gasteiger partial charge in [-0.1, -0.05) is 55.5 Å². The van der Waals surface area contributed by atoms with Gasteiger partial charge in [0.15, 0.2) is 6.61 Å². The second-order valence-corrected chi connectivity index (χ2v) is 8.87. The molecule has 0 radical (unpaired) electrons. The second kappa shape index (κ2) is 11.1. The molecule has 184 valence electrons. The highest BCUT2D eigenvalue weighted by Crippen LogP contribution is 2.36. The van der Waals surface area contributed by atoms with Crippen LogP contribution in [0.25, 0.3) is 22.0 Å². The van der Waals surface area contributed by atoms with Crippen LogP contribution in [0.3, 0.4) is 0 Å². The molecule has 0 saturated carbocycles. The van der Waals surface area contributed by atoms with Gasteiger partial charge in [0.05, 0.1) is 17.7 Å². The van der Waals surface area contributed by atoms with Crippen LogP contribution in [0.2, 0.25) is 0 Å². The van der Waals surface area contributed by atoms with E-state index in [2.05, 4.69) is 10.3 Å². The summed E-state index contributed by atoms with van der Waals surface area (Å²) in [6.45, 7) is 5.22. The summed E-state index contributed by atoms with van der Waals surface area (Å²) in [7, 11) is 0. The highest BCUT2D eigenvalue weighted by molar-refractivity contribution is 7.15. The normalized spacial score (nSPS) is 10.8. The number of esters is 2. The van der Waals surface area contributed by atoms with Crippen molar-refractivity contribution in [1.29, 1.82) is 0 Å². The number of amides is 1. The number of rotatable bonds is 8. The van der Waals surface area contributed by atoms with Crippen LogP contribution in [-0.4, -0.2) is 36.0 Å². The number of hydrogen-bond donors (Lipinski definition) is 1. The summed E-state index contributed by atoms with van der Waals surface area (Å²) in [4.78, 5) is 43.1. The maximum atomic E-state index is 13.1. The molecule has 8 heteroatoms. The summed E-state index contributed by atoms with van der Waals surface area (Å²) in [6.07, 6.45) is 0.663. The van der Waals surface area contributed by atoms with Crippen molar-refractivity contribution in [2.24, 2.45) is 0 Å². The Morgan fingerprint density at radius 1 is 0.917 bits per heavy atom. The average Bonchev–Trinajstić information content (AvgIpc) is 3.31. The summed E-state index contributed by atoms with van der Waals surface area (Å²) in [5, 5.41) is 5.52. The van der Waals surface area contributed by atoms with Gasteiger partial charge in [0, 0.05) is 22.0 Å². The molecule has 1 amide bonds. The fraction of sp³-hybridized carbons (Fsp3) is 0.214. The zero-order valence-corrected chi connectivity index (χ0v) is 21.1. The zero-order chi connectivity index (χ0) is 25.7. The Kier molecular flexibility index (Phi) is 7.75. The van der Waals surface area contributed by atoms with Gasteiger partial charge in [-0.2, -0.15) is 0 Å². The third-order valence-corrected chi connectivity index (χ3v) is 6.61. The zero-order valence-electron chi connectivity index (χ0n) is 20.3. The van der Waals surface area contributed by atoms with Crippen molar-refractivity contribution >= 4 is 45.1 Å². The van der Waals surface area contributed by atoms with Crippen LogP contribution >= 0.6 is 11.3 Å². The fourth-order valence-electron chi connectivity index (χ4n) is 4.02. The number of nitrogens with one attached hydrogen (secondary N) is 1. The number of benzene rings is 2. The first-order valence-corrected chi connectivity index (χ1v) is 12.5. The summed E-state index contributed by atoms with van der Waals surface area (Å²) in [5.41, 5.74) is 4.40. The minimum absolute atomic E-state index is 0.201. The molecule has 0 aliphatic heterocycles. The Morgan fingerprint density at radius 3 is 2.33 bits per heavy atom. The largest absolute Gasteiger partial charge is 0.462 e. The lowest BCUT2D eigenvalue weighted by molar-refractivity contribution is -0.119. The molecule has 0 unspecified atom stereocenters. The van der Waals surface area contributed by atoms with Gasteiger partial charge in [0.2, 0.25) is 0 Å². The topological polar surface area (TPSA) is 94.6 Å². The molecule has 0 aliphatic carbocycles. The van der Waals surface area contributed by atoms with E-state index >= 15 is 0 Å². The number of ether oxygens (including phenoxy) is 2. The summed E-state index contributed by atoms with van der Waals surface area (Å²) in [5.74, 6) is -1.68. The number of para-hydroxylation sites is 1. The summed E-state index contributed by atoms with van der Waals surface area (Å²) < 4.78 is 10.6. The van der Waals surface area contributed by atoms with Crippen molar-refractivity contribution < 1.29 is 23.9 Å².